The normalized spacial score (nSPS) is 11.0. The van der Waals surface area contributed by atoms with E-state index in [9.17, 15) is 0 Å². The molecule has 0 spiro atoms. The zero-order valence-corrected chi connectivity index (χ0v) is 13.7. The Balaban J connectivity index is 2.15. The van der Waals surface area contributed by atoms with E-state index < -0.39 is 0 Å². The molecule has 0 amide bonds. The van der Waals surface area contributed by atoms with E-state index in [4.69, 9.17) is 16.3 Å². The average Bonchev–Trinajstić information content (AvgIpc) is 2.43. The molecular weight excluding hydrogens is 284 g/mol. The largest absolute Gasteiger partial charge is 0.437 e. The van der Waals surface area contributed by atoms with E-state index in [1.807, 2.05) is 38.2 Å². The fourth-order valence-corrected chi connectivity index (χ4v) is 2.10. The maximum atomic E-state index is 6.15. The van der Waals surface area contributed by atoms with Gasteiger partial charge in [-0.25, -0.2) is 4.98 Å². The molecule has 1 aromatic heterocycles. The lowest BCUT2D eigenvalue weighted by Crippen LogP contribution is -2.21. The predicted octanol–water partition coefficient (Wildman–Crippen LogP) is 4.64. The maximum Gasteiger partial charge on any atom is 0.222 e. The molecule has 0 unspecified atom stereocenters. The van der Waals surface area contributed by atoms with Gasteiger partial charge in [0.2, 0.25) is 5.88 Å². The number of ether oxygens (including phenoxy) is 1. The van der Waals surface area contributed by atoms with Gasteiger partial charge in [0, 0.05) is 24.3 Å². The number of aromatic nitrogens is 1. The van der Waals surface area contributed by atoms with Gasteiger partial charge >= 0.3 is 0 Å². The number of rotatable bonds is 5. The Kier molecular flexibility index (Phi) is 5.21. The molecule has 0 saturated carbocycles. The lowest BCUT2D eigenvalue weighted by molar-refractivity contribution is 0.458. The Morgan fingerprint density at radius 2 is 2.00 bits per heavy atom. The van der Waals surface area contributed by atoms with E-state index in [0.29, 0.717) is 22.7 Å². The molecule has 112 valence electrons. The third-order valence-electron chi connectivity index (χ3n) is 3.09. The van der Waals surface area contributed by atoms with Crippen molar-refractivity contribution in [2.45, 2.75) is 40.3 Å². The quantitative estimate of drug-likeness (QED) is 0.873. The van der Waals surface area contributed by atoms with E-state index in [1.165, 1.54) is 0 Å². The molecule has 1 aromatic carbocycles. The number of nitrogens with one attached hydrogen (secondary N) is 1. The molecule has 1 N–H and O–H groups in total. The van der Waals surface area contributed by atoms with Gasteiger partial charge in [0.25, 0.3) is 0 Å². The molecule has 0 aliphatic heterocycles. The van der Waals surface area contributed by atoms with Gasteiger partial charge in [-0.05, 0) is 43.2 Å². The smallest absolute Gasteiger partial charge is 0.222 e. The highest BCUT2D eigenvalue weighted by molar-refractivity contribution is 6.32. The van der Waals surface area contributed by atoms with E-state index in [0.717, 1.165) is 23.2 Å². The van der Waals surface area contributed by atoms with Crippen LogP contribution in [0.5, 0.6) is 11.6 Å². The second-order valence-corrected chi connectivity index (χ2v) is 5.94. The molecular formula is C17H21ClN2O. The molecule has 0 radical (unpaired) electrons. The van der Waals surface area contributed by atoms with Crippen LogP contribution in [0.4, 0.5) is 0 Å². The van der Waals surface area contributed by atoms with Gasteiger partial charge in [-0.3, -0.25) is 0 Å². The van der Waals surface area contributed by atoms with Crippen LogP contribution in [0.2, 0.25) is 5.02 Å². The number of pyridine rings is 1. The van der Waals surface area contributed by atoms with E-state index in [1.54, 1.807) is 0 Å². The molecule has 4 heteroatoms. The first-order valence-corrected chi connectivity index (χ1v) is 7.46. The van der Waals surface area contributed by atoms with Gasteiger partial charge in [-0.15, -0.1) is 0 Å². The molecule has 1 heterocycles. The van der Waals surface area contributed by atoms with Crippen molar-refractivity contribution in [2.75, 3.05) is 0 Å². The van der Waals surface area contributed by atoms with Crippen LogP contribution in [0.3, 0.4) is 0 Å². The fraction of sp³-hybridized carbons (Fsp3) is 0.353. The zero-order valence-electron chi connectivity index (χ0n) is 12.9. The third kappa shape index (κ3) is 4.45. The van der Waals surface area contributed by atoms with Crippen molar-refractivity contribution in [1.82, 2.24) is 10.3 Å². The maximum absolute atomic E-state index is 6.15. The summed E-state index contributed by atoms with van der Waals surface area (Å²) in [6.07, 6.45) is 1.83. The summed E-state index contributed by atoms with van der Waals surface area (Å²) in [5.41, 5.74) is 3.24. The monoisotopic (exact) mass is 304 g/mol. The average molecular weight is 305 g/mol. The number of halogens is 1. The third-order valence-corrected chi connectivity index (χ3v) is 3.41. The second-order valence-electron chi connectivity index (χ2n) is 5.54. The molecule has 0 aliphatic carbocycles. The summed E-state index contributed by atoms with van der Waals surface area (Å²) in [7, 11) is 0. The summed E-state index contributed by atoms with van der Waals surface area (Å²) in [6.45, 7) is 9.04. The Morgan fingerprint density at radius 1 is 1.24 bits per heavy atom. The van der Waals surface area contributed by atoms with Gasteiger partial charge in [-0.2, -0.15) is 0 Å². The van der Waals surface area contributed by atoms with Crippen molar-refractivity contribution in [3.63, 3.8) is 0 Å². The number of aryl methyl sites for hydroxylation is 2. The molecule has 2 aromatic rings. The summed E-state index contributed by atoms with van der Waals surface area (Å²) in [5, 5.41) is 3.96. The summed E-state index contributed by atoms with van der Waals surface area (Å²) in [6, 6.07) is 8.24. The van der Waals surface area contributed by atoms with E-state index in [-0.39, 0.29) is 0 Å². The van der Waals surface area contributed by atoms with Crippen LogP contribution in [0.15, 0.2) is 30.5 Å². The summed E-state index contributed by atoms with van der Waals surface area (Å²) >= 11 is 6.15. The highest BCUT2D eigenvalue weighted by Gasteiger charge is 2.08. The minimum absolute atomic E-state index is 0.451. The van der Waals surface area contributed by atoms with Crippen LogP contribution in [0, 0.1) is 13.8 Å². The van der Waals surface area contributed by atoms with Gasteiger partial charge < -0.3 is 10.1 Å². The molecule has 21 heavy (non-hydrogen) atoms. The summed E-state index contributed by atoms with van der Waals surface area (Å²) < 4.78 is 5.84. The first-order valence-electron chi connectivity index (χ1n) is 7.08. The molecule has 0 fully saturated rings. The van der Waals surface area contributed by atoms with E-state index in [2.05, 4.69) is 30.2 Å². The topological polar surface area (TPSA) is 34.1 Å². The van der Waals surface area contributed by atoms with Crippen molar-refractivity contribution >= 4 is 11.6 Å². The van der Waals surface area contributed by atoms with Crippen LogP contribution >= 0.6 is 11.6 Å². The first-order chi connectivity index (χ1) is 9.95. The van der Waals surface area contributed by atoms with Gasteiger partial charge in [0.1, 0.15) is 5.75 Å². The van der Waals surface area contributed by atoms with Crippen molar-refractivity contribution in [2.24, 2.45) is 0 Å². The Bertz CT molecular complexity index is 626. The van der Waals surface area contributed by atoms with Crippen LogP contribution in [-0.2, 0) is 6.54 Å². The molecule has 3 nitrogen and oxygen atoms in total. The van der Waals surface area contributed by atoms with Crippen molar-refractivity contribution in [3.05, 3.63) is 52.2 Å². The Hall–Kier alpha value is -1.58. The van der Waals surface area contributed by atoms with Crippen molar-refractivity contribution in [3.8, 4) is 11.6 Å². The van der Waals surface area contributed by atoms with Gasteiger partial charge in [0.05, 0.1) is 5.02 Å². The number of benzene rings is 1. The predicted molar refractivity (Wildman–Crippen MR) is 87.2 cm³/mol. The number of hydrogen-bond donors (Lipinski definition) is 1. The van der Waals surface area contributed by atoms with Crippen LogP contribution in [-0.4, -0.2) is 11.0 Å². The van der Waals surface area contributed by atoms with Gasteiger partial charge in [-0.1, -0.05) is 31.5 Å². The Labute approximate surface area is 131 Å². The number of nitrogens with zero attached hydrogens (tertiary/aromatic N) is 1. The van der Waals surface area contributed by atoms with Crippen LogP contribution in [0.1, 0.15) is 30.5 Å². The van der Waals surface area contributed by atoms with E-state index >= 15 is 0 Å². The fourth-order valence-electron chi connectivity index (χ4n) is 1.94. The molecule has 0 saturated heterocycles. The highest BCUT2D eigenvalue weighted by Crippen LogP contribution is 2.30. The molecule has 2 rings (SSSR count). The lowest BCUT2D eigenvalue weighted by atomic mass is 10.2. The van der Waals surface area contributed by atoms with Crippen LogP contribution in [0.25, 0.3) is 0 Å². The van der Waals surface area contributed by atoms with Gasteiger partial charge in [0.15, 0.2) is 0 Å². The molecule has 0 atom stereocenters. The Morgan fingerprint density at radius 3 is 2.67 bits per heavy atom. The zero-order chi connectivity index (χ0) is 15.4. The second kappa shape index (κ2) is 6.92. The molecule has 0 aliphatic rings. The molecule has 0 bridgehead atoms. The standard InChI is InChI=1S/C17H21ClN2O/c1-11(2)19-9-14-8-13(4)17(20-10-14)21-16-7-12(3)5-6-15(16)18/h5-8,10-11,19H,9H2,1-4H3. The highest BCUT2D eigenvalue weighted by atomic mass is 35.5. The van der Waals surface area contributed by atoms with Crippen molar-refractivity contribution in [1.29, 1.82) is 0 Å². The first kappa shape index (κ1) is 15.8. The minimum atomic E-state index is 0.451. The summed E-state index contributed by atoms with van der Waals surface area (Å²) in [5.74, 6) is 1.23. The lowest BCUT2D eigenvalue weighted by Gasteiger charge is -2.12. The minimum Gasteiger partial charge on any atom is -0.437 e. The summed E-state index contributed by atoms with van der Waals surface area (Å²) in [4.78, 5) is 4.40. The van der Waals surface area contributed by atoms with Crippen molar-refractivity contribution < 1.29 is 4.74 Å². The SMILES string of the molecule is Cc1ccc(Cl)c(Oc2ncc(CNC(C)C)cc2C)c1. The van der Waals surface area contributed by atoms with Crippen LogP contribution < -0.4 is 10.1 Å². The number of hydrogen-bond acceptors (Lipinski definition) is 3.